The van der Waals surface area contributed by atoms with Crippen molar-refractivity contribution in [3.63, 3.8) is 0 Å². The summed E-state index contributed by atoms with van der Waals surface area (Å²) < 4.78 is 66.4. The predicted molar refractivity (Wildman–Crippen MR) is 110 cm³/mol. The Bertz CT molecular complexity index is 1320. The second-order valence-electron chi connectivity index (χ2n) is 7.15. The molecule has 0 unspecified atom stereocenters. The van der Waals surface area contributed by atoms with Crippen molar-refractivity contribution in [3.05, 3.63) is 101 Å². The average Bonchev–Trinajstić information content (AvgIpc) is 3.44. The van der Waals surface area contributed by atoms with Crippen molar-refractivity contribution in [2.45, 2.75) is 20.1 Å². The number of ether oxygens (including phenoxy) is 1. The lowest BCUT2D eigenvalue weighted by molar-refractivity contribution is 0.0992. The Morgan fingerprint density at radius 3 is 2.67 bits per heavy atom. The van der Waals surface area contributed by atoms with Gasteiger partial charge in [-0.25, -0.2) is 17.6 Å². The molecule has 4 rings (SSSR count). The first-order valence-corrected chi connectivity index (χ1v) is 9.74. The Balaban J connectivity index is 1.38. The molecule has 0 aliphatic heterocycles. The van der Waals surface area contributed by atoms with Gasteiger partial charge in [-0.2, -0.15) is 5.10 Å². The summed E-state index contributed by atoms with van der Waals surface area (Å²) in [7, 11) is 0. The number of benzene rings is 2. The molecular formula is C23H17F4N3O3. The van der Waals surface area contributed by atoms with E-state index >= 15 is 0 Å². The van der Waals surface area contributed by atoms with Gasteiger partial charge >= 0.3 is 0 Å². The lowest BCUT2D eigenvalue weighted by Gasteiger charge is -2.07. The van der Waals surface area contributed by atoms with E-state index in [4.69, 9.17) is 9.15 Å². The molecule has 0 radical (unpaired) electrons. The van der Waals surface area contributed by atoms with E-state index in [-0.39, 0.29) is 24.1 Å². The van der Waals surface area contributed by atoms with Crippen LogP contribution in [0, 0.1) is 30.2 Å². The van der Waals surface area contributed by atoms with Crippen LogP contribution in [0.3, 0.4) is 0 Å². The van der Waals surface area contributed by atoms with Gasteiger partial charge in [0.1, 0.15) is 23.9 Å². The van der Waals surface area contributed by atoms with Gasteiger partial charge in [0, 0.05) is 17.8 Å². The molecule has 0 bridgehead atoms. The number of amides is 1. The summed E-state index contributed by atoms with van der Waals surface area (Å²) in [5.74, 6) is -5.71. The first-order valence-electron chi connectivity index (χ1n) is 9.74. The molecular weight excluding hydrogens is 442 g/mol. The maximum absolute atomic E-state index is 13.9. The molecule has 0 saturated heterocycles. The zero-order valence-electron chi connectivity index (χ0n) is 17.2. The number of para-hydroxylation sites is 1. The highest BCUT2D eigenvalue weighted by Crippen LogP contribution is 2.21. The molecule has 2 aromatic carbocycles. The number of carbonyl (C=O) groups is 1. The fraction of sp³-hybridized carbons (Fsp3) is 0.130. The predicted octanol–water partition coefficient (Wildman–Crippen LogP) is 5.22. The molecule has 10 heteroatoms. The molecule has 33 heavy (non-hydrogen) atoms. The quantitative estimate of drug-likeness (QED) is 0.234. The molecule has 170 valence electrons. The Morgan fingerprint density at radius 1 is 1.09 bits per heavy atom. The molecule has 1 amide bonds. The average molecular weight is 459 g/mol. The van der Waals surface area contributed by atoms with Crippen molar-refractivity contribution < 1.29 is 31.5 Å². The van der Waals surface area contributed by atoms with Crippen LogP contribution in [-0.2, 0) is 13.2 Å². The number of anilines is 1. The lowest BCUT2D eigenvalue weighted by Crippen LogP contribution is -2.11. The Kier molecular flexibility index (Phi) is 6.16. The normalized spacial score (nSPS) is 10.9. The van der Waals surface area contributed by atoms with Crippen LogP contribution < -0.4 is 10.1 Å². The van der Waals surface area contributed by atoms with E-state index in [1.54, 1.807) is 6.07 Å². The Hall–Kier alpha value is -4.08. The minimum absolute atomic E-state index is 0.0174. The summed E-state index contributed by atoms with van der Waals surface area (Å²) in [6.07, 6.45) is 2.52. The summed E-state index contributed by atoms with van der Waals surface area (Å²) in [5, 5.41) is 6.40. The highest BCUT2D eigenvalue weighted by molar-refractivity contribution is 6.02. The number of halogens is 4. The topological polar surface area (TPSA) is 69.3 Å². The number of aryl methyl sites for hydroxylation is 1. The summed E-state index contributed by atoms with van der Waals surface area (Å²) in [6.45, 7) is 1.53. The lowest BCUT2D eigenvalue weighted by atomic mass is 10.2. The molecule has 4 aromatic rings. The molecule has 2 heterocycles. The van der Waals surface area contributed by atoms with E-state index in [9.17, 15) is 22.4 Å². The second-order valence-corrected chi connectivity index (χ2v) is 7.15. The molecule has 0 aliphatic carbocycles. The number of rotatable bonds is 7. The first kappa shape index (κ1) is 22.1. The van der Waals surface area contributed by atoms with Crippen molar-refractivity contribution in [2.75, 3.05) is 5.32 Å². The minimum atomic E-state index is -1.77. The van der Waals surface area contributed by atoms with Gasteiger partial charge in [0.25, 0.3) is 5.91 Å². The van der Waals surface area contributed by atoms with Crippen molar-refractivity contribution in [3.8, 4) is 5.75 Å². The zero-order valence-corrected chi connectivity index (χ0v) is 17.2. The van der Waals surface area contributed by atoms with Crippen LogP contribution in [-0.4, -0.2) is 15.7 Å². The highest BCUT2D eigenvalue weighted by Gasteiger charge is 2.20. The third kappa shape index (κ3) is 4.89. The van der Waals surface area contributed by atoms with E-state index in [0.29, 0.717) is 11.5 Å². The second kappa shape index (κ2) is 9.19. The number of hydrogen-bond donors (Lipinski definition) is 1. The van der Waals surface area contributed by atoms with Crippen LogP contribution >= 0.6 is 0 Å². The number of furan rings is 1. The number of carbonyl (C=O) groups excluding carboxylic acids is 1. The van der Waals surface area contributed by atoms with Gasteiger partial charge in [-0.1, -0.05) is 18.2 Å². The molecule has 6 nitrogen and oxygen atoms in total. The summed E-state index contributed by atoms with van der Waals surface area (Å²) in [4.78, 5) is 12.4. The SMILES string of the molecule is Cc1ccccc1OCc1ccc(C(=O)Nc2cnn(Cc3c(F)cc(F)c(F)c3F)c2)o1. The minimum Gasteiger partial charge on any atom is -0.485 e. The van der Waals surface area contributed by atoms with Crippen molar-refractivity contribution in [1.82, 2.24) is 9.78 Å². The smallest absolute Gasteiger partial charge is 0.291 e. The fourth-order valence-electron chi connectivity index (χ4n) is 3.06. The standard InChI is InChI=1S/C23H17F4N3O3/c1-13-4-2-3-5-19(13)32-12-15-6-7-20(33-15)23(31)29-14-9-28-30(10-14)11-16-17(24)8-18(25)22(27)21(16)26/h2-10H,11-12H2,1H3,(H,29,31). The van der Waals surface area contributed by atoms with Crippen LogP contribution in [0.5, 0.6) is 5.75 Å². The number of aromatic nitrogens is 2. The molecule has 1 N–H and O–H groups in total. The molecule has 0 spiro atoms. The maximum Gasteiger partial charge on any atom is 0.291 e. The number of nitrogens with one attached hydrogen (secondary N) is 1. The molecule has 0 aliphatic rings. The Labute approximate surface area is 185 Å². The Morgan fingerprint density at radius 2 is 1.88 bits per heavy atom. The van der Waals surface area contributed by atoms with E-state index in [1.807, 2.05) is 31.2 Å². The fourth-order valence-corrected chi connectivity index (χ4v) is 3.06. The zero-order chi connectivity index (χ0) is 23.5. The van der Waals surface area contributed by atoms with Gasteiger partial charge < -0.3 is 14.5 Å². The van der Waals surface area contributed by atoms with Gasteiger partial charge in [0.2, 0.25) is 0 Å². The van der Waals surface area contributed by atoms with Crippen LogP contribution in [0.4, 0.5) is 23.2 Å². The van der Waals surface area contributed by atoms with Crippen LogP contribution in [0.15, 0.2) is 59.3 Å². The number of nitrogens with zero attached hydrogens (tertiary/aromatic N) is 2. The first-order chi connectivity index (χ1) is 15.8. The third-order valence-corrected chi connectivity index (χ3v) is 4.77. The summed E-state index contributed by atoms with van der Waals surface area (Å²) >= 11 is 0. The van der Waals surface area contributed by atoms with E-state index in [1.165, 1.54) is 18.5 Å². The maximum atomic E-state index is 13.9. The molecule has 2 aromatic heterocycles. The van der Waals surface area contributed by atoms with Crippen LogP contribution in [0.2, 0.25) is 0 Å². The van der Waals surface area contributed by atoms with E-state index < -0.39 is 41.3 Å². The molecule has 0 fully saturated rings. The van der Waals surface area contributed by atoms with Crippen molar-refractivity contribution in [2.24, 2.45) is 0 Å². The van der Waals surface area contributed by atoms with Crippen molar-refractivity contribution in [1.29, 1.82) is 0 Å². The van der Waals surface area contributed by atoms with Gasteiger partial charge in [-0.15, -0.1) is 0 Å². The van der Waals surface area contributed by atoms with Crippen LogP contribution in [0.1, 0.15) is 27.4 Å². The van der Waals surface area contributed by atoms with Gasteiger partial charge in [0.05, 0.1) is 18.4 Å². The largest absolute Gasteiger partial charge is 0.485 e. The molecule has 0 saturated carbocycles. The molecule has 0 atom stereocenters. The van der Waals surface area contributed by atoms with E-state index in [2.05, 4.69) is 10.4 Å². The van der Waals surface area contributed by atoms with E-state index in [0.717, 1.165) is 10.2 Å². The highest BCUT2D eigenvalue weighted by atomic mass is 19.2. The summed E-state index contributed by atoms with van der Waals surface area (Å²) in [5.41, 5.74) is 0.471. The van der Waals surface area contributed by atoms with Gasteiger partial charge in [-0.05, 0) is 30.7 Å². The monoisotopic (exact) mass is 459 g/mol. The van der Waals surface area contributed by atoms with Crippen LogP contribution in [0.25, 0.3) is 0 Å². The van der Waals surface area contributed by atoms with Crippen molar-refractivity contribution >= 4 is 11.6 Å². The van der Waals surface area contributed by atoms with Gasteiger partial charge in [-0.3, -0.25) is 9.48 Å². The summed E-state index contributed by atoms with van der Waals surface area (Å²) in [6, 6.07) is 10.8. The van der Waals surface area contributed by atoms with Gasteiger partial charge in [0.15, 0.2) is 23.2 Å². The number of hydrogen-bond acceptors (Lipinski definition) is 4. The third-order valence-electron chi connectivity index (χ3n) is 4.77.